The van der Waals surface area contributed by atoms with Crippen LogP contribution in [0.4, 0.5) is 18.0 Å². The number of quaternary nitrogens is 1. The largest absolute Gasteiger partial charge is 1.00 e. The molecule has 11 nitrogen and oxygen atoms in total. The first-order chi connectivity index (χ1) is 41.6. The van der Waals surface area contributed by atoms with Gasteiger partial charge in [-0.25, -0.2) is 4.79 Å². The van der Waals surface area contributed by atoms with Gasteiger partial charge in [-0.15, -0.1) is 0 Å². The van der Waals surface area contributed by atoms with Gasteiger partial charge in [-0.3, -0.25) is 4.79 Å². The number of carbonyl (C=O) groups excluding carboxylic acids is 2. The number of ether oxygens (including phenoxy) is 6. The molecule has 2 fully saturated rings. The number of unbranched alkanes of at least 4 members (excludes halogenated alkanes) is 12. The van der Waals surface area contributed by atoms with Crippen LogP contribution in [0.3, 0.4) is 0 Å². The van der Waals surface area contributed by atoms with E-state index >= 15 is 0 Å². The van der Waals surface area contributed by atoms with Gasteiger partial charge in [0.05, 0.1) is 66.8 Å². The van der Waals surface area contributed by atoms with E-state index < -0.39 is 18.2 Å². The van der Waals surface area contributed by atoms with E-state index in [1.54, 1.807) is 35.0 Å². The van der Waals surface area contributed by atoms with Crippen molar-refractivity contribution in [2.75, 3.05) is 106 Å². The number of methoxy groups -OCH3 is 2. The Hall–Kier alpha value is -2.64. The fourth-order valence-electron chi connectivity index (χ4n) is 9.87. The Balaban J connectivity index is -0.000000397. The number of rotatable bonds is 37. The molecule has 0 aromatic heterocycles. The molecule has 2 N–H and O–H groups in total. The van der Waals surface area contributed by atoms with E-state index in [-0.39, 0.29) is 41.0 Å². The van der Waals surface area contributed by atoms with Crippen molar-refractivity contribution in [2.45, 2.75) is 241 Å². The number of hydrogen-bond donors (Lipinski definition) is 2. The van der Waals surface area contributed by atoms with Gasteiger partial charge in [-0.05, 0) is 183 Å². The third-order valence-corrected chi connectivity index (χ3v) is 14.8. The fourth-order valence-corrected chi connectivity index (χ4v) is 9.87. The number of nitrogens with zero attached hydrogens (tertiary/aromatic N) is 1. The summed E-state index contributed by atoms with van der Waals surface area (Å²) in [6.07, 6.45) is 26.4. The number of alkyl carbamates (subject to hydrolysis) is 1. The summed E-state index contributed by atoms with van der Waals surface area (Å²) < 4.78 is 81.9. The summed E-state index contributed by atoms with van der Waals surface area (Å²) in [5, 5.41) is 6.02. The van der Waals surface area contributed by atoms with Crippen molar-refractivity contribution in [2.24, 2.45) is 22.7 Å². The molecule has 0 aromatic rings. The molecule has 2 radical (unpaired) electrons. The summed E-state index contributed by atoms with van der Waals surface area (Å²) in [4.78, 5) is 23.0. The number of amides is 2. The van der Waals surface area contributed by atoms with Crippen LogP contribution in [-0.4, -0.2) is 150 Å². The predicted molar refractivity (Wildman–Crippen MR) is 359 cm³/mol. The number of hydrogen-bond acceptors (Lipinski definition) is 8. The van der Waals surface area contributed by atoms with Crippen LogP contribution in [0.2, 0.25) is 0 Å². The number of nitrogens with one attached hydrogen (secondary N) is 2. The van der Waals surface area contributed by atoms with Crippen LogP contribution in [0.15, 0.2) is 0 Å². The molecular weight excluding hydrogens is 1270 g/mol. The van der Waals surface area contributed by atoms with Gasteiger partial charge in [0, 0.05) is 67.0 Å². The number of halogens is 5. The van der Waals surface area contributed by atoms with Gasteiger partial charge in [0.2, 0.25) is 5.91 Å². The third-order valence-electron chi connectivity index (χ3n) is 14.8. The maximum Gasteiger partial charge on any atom is 0.411 e. The molecule has 0 heterocycles. The van der Waals surface area contributed by atoms with Crippen molar-refractivity contribution < 1.29 is 74.0 Å². The lowest BCUT2D eigenvalue weighted by Gasteiger charge is -2.34. The van der Waals surface area contributed by atoms with Crippen LogP contribution in [-0.2, 0) is 33.2 Å². The number of carbonyl (C=O) groups is 2. The summed E-state index contributed by atoms with van der Waals surface area (Å²) in [5.41, 5.74) is -0.792. The van der Waals surface area contributed by atoms with Gasteiger partial charge >= 0.3 is 12.3 Å². The minimum atomic E-state index is -4.31. The summed E-state index contributed by atoms with van der Waals surface area (Å²) in [7, 11) is 11.8. The Kier molecular flexibility index (Phi) is 63.7. The highest BCUT2D eigenvalue weighted by Crippen LogP contribution is 2.35. The minimum absolute atomic E-state index is 0. The van der Waals surface area contributed by atoms with E-state index in [0.717, 1.165) is 68.0 Å². The highest BCUT2D eigenvalue weighted by molar-refractivity contribution is 14.1. The van der Waals surface area contributed by atoms with Crippen LogP contribution < -0.4 is 27.6 Å². The van der Waals surface area contributed by atoms with E-state index in [4.69, 9.17) is 31.1 Å². The van der Waals surface area contributed by atoms with Crippen molar-refractivity contribution in [3.63, 3.8) is 0 Å². The molecule has 2 aliphatic rings. The van der Waals surface area contributed by atoms with Gasteiger partial charge in [0.15, 0.2) is 0 Å². The van der Waals surface area contributed by atoms with E-state index in [9.17, 15) is 22.8 Å². The first-order valence-electron chi connectivity index (χ1n) is 32.9. The highest BCUT2D eigenvalue weighted by atomic mass is 127. The molecule has 0 aliphatic heterocycles. The SMILES string of the molecule is CC#CC#CC#CC#CC#CC.CCCCCCCCCCCC[N+](C)(C)CCCCOCC(C)(COC)COCC(C)(CC)COCC(F)(F)F.CCCCCOC.CCOC(=O)NC1CCC(CC2CCC(NC(C)=O)CC2)CC1.[2H]CI.[2H][B].[Br-]. The van der Waals surface area contributed by atoms with Gasteiger partial charge in [0.25, 0.3) is 0 Å². The molecule has 17 heteroatoms. The average molecular weight is 1400 g/mol. The summed E-state index contributed by atoms with van der Waals surface area (Å²) >= 11 is 1.96. The first-order valence-corrected chi connectivity index (χ1v) is 33.1. The normalized spacial score (nSPS) is 17.3. The maximum atomic E-state index is 12.4. The molecule has 86 heavy (non-hydrogen) atoms. The lowest BCUT2D eigenvalue weighted by Crippen LogP contribution is -3.00. The topological polar surface area (TPSA) is 114 Å². The quantitative estimate of drug-likeness (QED) is 0.0158. The minimum Gasteiger partial charge on any atom is -1.00 e. The van der Waals surface area contributed by atoms with Crippen molar-refractivity contribution >= 4 is 43.0 Å². The van der Waals surface area contributed by atoms with Gasteiger partial charge in [-0.1, -0.05) is 133 Å². The van der Waals surface area contributed by atoms with Crippen molar-refractivity contribution in [1.29, 1.82) is 1.34 Å². The summed E-state index contributed by atoms with van der Waals surface area (Å²) in [6, 6.07) is 0.689. The zero-order chi connectivity index (χ0) is 66.4. The van der Waals surface area contributed by atoms with Crippen LogP contribution >= 0.6 is 22.6 Å². The Morgan fingerprint density at radius 3 is 1.40 bits per heavy atom. The van der Waals surface area contributed by atoms with Gasteiger partial charge in [0.1, 0.15) is 6.61 Å². The molecule has 2 rings (SSSR count). The fraction of sp³-hybridized carbons (Fsp3) is 0.826. The predicted octanol–water partition coefficient (Wildman–Crippen LogP) is 12.1. The second kappa shape index (κ2) is 62.6. The van der Waals surface area contributed by atoms with Crippen LogP contribution in [0, 0.1) is 81.9 Å². The molecule has 0 bridgehead atoms. The van der Waals surface area contributed by atoms with Crippen molar-refractivity contribution in [3.8, 4) is 59.2 Å². The standard InChI is InChI=1S/C32H65F3NO4.C18H32N2O3.C12H6.C6H14O.CH3I.BH.BrH/c1-8-10-11-12-13-14-15-16-17-18-21-36(5,6)22-19-20-23-38-27-31(4,24-37-7)28-39-25-30(3,9-2)26-40-29-32(33,34)35;1-3-23-18(22)20-17-10-6-15(7-11-17)12-14-4-8-16(9-5-14)19-13(2)21;1-3-5-7-9-11-12-10-8-6-4-2;1-3-4-5-6-7-2;1-2;;/h8-29H2,1-7H3;14-17H,3-12H2,1-2H3,(H,19,21)(H,20,22);1-2H3;3-6H2,1-2H3;1H3;2*1H/q+1;;;;;;/p-1/i;;;;2*1D;. The Morgan fingerprint density at radius 2 is 0.977 bits per heavy atom. The maximum absolute atomic E-state index is 12.4. The van der Waals surface area contributed by atoms with Crippen LogP contribution in [0.5, 0.6) is 0 Å². The summed E-state index contributed by atoms with van der Waals surface area (Å²) in [6.45, 7) is 22.2. The smallest absolute Gasteiger partial charge is 0.411 e. The molecule has 2 atom stereocenters. The van der Waals surface area contributed by atoms with Crippen LogP contribution in [0.25, 0.3) is 0 Å². The zero-order valence-electron chi connectivity index (χ0n) is 58.2. The molecule has 0 saturated heterocycles. The second-order valence-corrected chi connectivity index (χ2v) is 23.8. The van der Waals surface area contributed by atoms with Crippen LogP contribution in [0.1, 0.15) is 224 Å². The lowest BCUT2D eigenvalue weighted by atomic mass is 9.75. The van der Waals surface area contributed by atoms with E-state index in [0.29, 0.717) is 63.1 Å². The molecule has 2 aliphatic carbocycles. The molecule has 2 unspecified atom stereocenters. The lowest BCUT2D eigenvalue weighted by molar-refractivity contribution is -0.890. The van der Waals surface area contributed by atoms with E-state index in [2.05, 4.69) is 113 Å². The van der Waals surface area contributed by atoms with Gasteiger partial charge in [-0.2, -0.15) is 13.2 Å². The summed E-state index contributed by atoms with van der Waals surface area (Å²) in [5.74, 6) is 27.3. The first kappa shape index (κ1) is 87.6. The average Bonchev–Trinajstić information content (AvgIpc) is 3.63. The number of alkyl halides is 4. The molecule has 0 spiro atoms. The highest BCUT2D eigenvalue weighted by Gasteiger charge is 2.33. The van der Waals surface area contributed by atoms with Gasteiger partial charge < -0.3 is 60.5 Å². The molecule has 2 saturated carbocycles. The Bertz CT molecular complexity index is 1920. The molecule has 498 valence electrons. The Labute approximate surface area is 554 Å². The monoisotopic (exact) mass is 1400 g/mol. The van der Waals surface area contributed by atoms with E-state index in [1.807, 2.05) is 43.4 Å². The molecule has 0 aromatic carbocycles. The second-order valence-electron chi connectivity index (χ2n) is 23.8. The van der Waals surface area contributed by atoms with Crippen molar-refractivity contribution in [3.05, 3.63) is 0 Å². The van der Waals surface area contributed by atoms with Crippen molar-refractivity contribution in [1.82, 2.24) is 10.6 Å². The molecular formula is C69H121BBrF3IN3O8. The van der Waals surface area contributed by atoms with E-state index in [1.165, 1.54) is 122 Å². The Morgan fingerprint density at radius 1 is 0.581 bits per heavy atom. The molecule has 2 amide bonds. The third kappa shape index (κ3) is 61.6. The zero-order valence-corrected chi connectivity index (χ0v) is 59.9.